The number of hydrogen-bond acceptors (Lipinski definition) is 1. The topological polar surface area (TPSA) is 17.1 Å². The molecule has 0 saturated heterocycles. The van der Waals surface area contributed by atoms with Crippen molar-refractivity contribution < 1.29 is 9.18 Å². The quantitative estimate of drug-likeness (QED) is 0.739. The van der Waals surface area contributed by atoms with Gasteiger partial charge in [0.1, 0.15) is 5.82 Å². The van der Waals surface area contributed by atoms with E-state index in [1.54, 1.807) is 31.2 Å². The molecule has 0 spiro atoms. The van der Waals surface area contributed by atoms with Gasteiger partial charge in [-0.1, -0.05) is 29.3 Å². The average Bonchev–Trinajstić information content (AvgIpc) is 2.36. The predicted octanol–water partition coefficient (Wildman–Crippen LogP) is 4.87. The molecule has 0 saturated carbocycles. The van der Waals surface area contributed by atoms with Crippen molar-refractivity contribution in [2.75, 3.05) is 0 Å². The molecule has 0 heterocycles. The van der Waals surface area contributed by atoms with E-state index < -0.39 is 5.82 Å². The predicted molar refractivity (Wildman–Crippen MR) is 75.6 cm³/mol. The lowest BCUT2D eigenvalue weighted by Crippen LogP contribution is -2.06. The number of ketones is 1. The number of carbonyl (C=O) groups is 1. The van der Waals surface area contributed by atoms with Gasteiger partial charge in [-0.3, -0.25) is 4.79 Å². The zero-order chi connectivity index (χ0) is 14.0. The van der Waals surface area contributed by atoms with E-state index in [1.165, 1.54) is 12.1 Å². The fraction of sp³-hybridized carbons (Fsp3) is 0.133. The van der Waals surface area contributed by atoms with Gasteiger partial charge in [0.25, 0.3) is 0 Å². The number of carbonyl (C=O) groups excluding carboxylic acids is 1. The summed E-state index contributed by atoms with van der Waals surface area (Å²) >= 11 is 11.9. The Balaban J connectivity index is 2.30. The maximum atomic E-state index is 13.2. The Bertz CT molecular complexity index is 638. The largest absolute Gasteiger partial charge is 0.294 e. The molecule has 2 rings (SSSR count). The average molecular weight is 297 g/mol. The highest BCUT2D eigenvalue weighted by molar-refractivity contribution is 6.33. The maximum Gasteiger partial charge on any atom is 0.167 e. The molecule has 0 atom stereocenters. The first-order valence-corrected chi connectivity index (χ1v) is 6.46. The Morgan fingerprint density at radius 2 is 1.89 bits per heavy atom. The number of hydrogen-bond donors (Lipinski definition) is 0. The Labute approximate surface area is 121 Å². The molecule has 98 valence electrons. The second-order valence-electron chi connectivity index (χ2n) is 4.29. The van der Waals surface area contributed by atoms with Gasteiger partial charge >= 0.3 is 0 Å². The van der Waals surface area contributed by atoms with E-state index >= 15 is 0 Å². The van der Waals surface area contributed by atoms with E-state index in [-0.39, 0.29) is 12.2 Å². The Hall–Kier alpha value is -1.38. The number of aryl methyl sites for hydroxylation is 1. The van der Waals surface area contributed by atoms with Crippen molar-refractivity contribution in [3.05, 3.63) is 69.0 Å². The molecule has 0 amide bonds. The van der Waals surface area contributed by atoms with Gasteiger partial charge in [0.15, 0.2) is 5.78 Å². The molecule has 0 aliphatic heterocycles. The highest BCUT2D eigenvalue weighted by Gasteiger charge is 2.13. The summed E-state index contributed by atoms with van der Waals surface area (Å²) in [5.74, 6) is -0.604. The summed E-state index contributed by atoms with van der Waals surface area (Å²) in [5.41, 5.74) is 1.75. The van der Waals surface area contributed by atoms with Crippen LogP contribution < -0.4 is 0 Å². The van der Waals surface area contributed by atoms with Gasteiger partial charge in [-0.25, -0.2) is 4.39 Å². The molecule has 19 heavy (non-hydrogen) atoms. The van der Waals surface area contributed by atoms with Crippen molar-refractivity contribution in [1.29, 1.82) is 0 Å². The number of Topliss-reactive ketones (excluding diaryl/α,β-unsaturated/α-hetero) is 1. The first kappa shape index (κ1) is 14.0. The number of benzene rings is 2. The van der Waals surface area contributed by atoms with Crippen LogP contribution in [0.2, 0.25) is 10.0 Å². The molecule has 2 aromatic carbocycles. The second kappa shape index (κ2) is 5.72. The third kappa shape index (κ3) is 3.34. The molecule has 0 unspecified atom stereocenters. The zero-order valence-electron chi connectivity index (χ0n) is 10.2. The highest BCUT2D eigenvalue weighted by Crippen LogP contribution is 2.23. The monoisotopic (exact) mass is 296 g/mol. The van der Waals surface area contributed by atoms with Crippen LogP contribution in [0.15, 0.2) is 36.4 Å². The summed E-state index contributed by atoms with van der Waals surface area (Å²) in [5, 5.41) is 0.995. The molecule has 1 nitrogen and oxygen atoms in total. The Morgan fingerprint density at radius 3 is 2.63 bits per heavy atom. The standard InChI is InChI=1S/C15H11Cl2FO/c1-9-2-4-12(18)8-13(9)15(19)7-10-6-11(16)3-5-14(10)17/h2-6,8H,7H2,1H3. The van der Waals surface area contributed by atoms with E-state index in [4.69, 9.17) is 23.2 Å². The smallest absolute Gasteiger partial charge is 0.167 e. The molecular weight excluding hydrogens is 286 g/mol. The van der Waals surface area contributed by atoms with Crippen LogP contribution >= 0.6 is 23.2 Å². The minimum absolute atomic E-state index is 0.101. The second-order valence-corrected chi connectivity index (χ2v) is 5.14. The van der Waals surface area contributed by atoms with E-state index in [0.717, 1.165) is 5.56 Å². The minimum atomic E-state index is -0.425. The van der Waals surface area contributed by atoms with E-state index in [0.29, 0.717) is 21.2 Å². The molecule has 0 aromatic heterocycles. The fourth-order valence-electron chi connectivity index (χ4n) is 1.84. The molecule has 0 N–H and O–H groups in total. The lowest BCUT2D eigenvalue weighted by Gasteiger charge is -2.07. The summed E-state index contributed by atoms with van der Waals surface area (Å²) < 4.78 is 13.2. The van der Waals surface area contributed by atoms with Gasteiger partial charge in [-0.15, -0.1) is 0 Å². The molecule has 0 fully saturated rings. The Morgan fingerprint density at radius 1 is 1.16 bits per heavy atom. The van der Waals surface area contributed by atoms with Crippen molar-refractivity contribution in [2.45, 2.75) is 13.3 Å². The highest BCUT2D eigenvalue weighted by atomic mass is 35.5. The van der Waals surface area contributed by atoms with Crippen LogP contribution in [0, 0.1) is 12.7 Å². The molecule has 0 bridgehead atoms. The number of halogens is 3. The zero-order valence-corrected chi connectivity index (χ0v) is 11.7. The third-order valence-electron chi connectivity index (χ3n) is 2.86. The lowest BCUT2D eigenvalue weighted by molar-refractivity contribution is 0.0992. The summed E-state index contributed by atoms with van der Waals surface area (Å²) in [7, 11) is 0. The minimum Gasteiger partial charge on any atom is -0.294 e. The van der Waals surface area contributed by atoms with Crippen molar-refractivity contribution in [3.8, 4) is 0 Å². The summed E-state index contributed by atoms with van der Waals surface area (Å²) in [4.78, 5) is 12.2. The van der Waals surface area contributed by atoms with Crippen molar-refractivity contribution >= 4 is 29.0 Å². The van der Waals surface area contributed by atoms with Gasteiger partial charge in [0.2, 0.25) is 0 Å². The van der Waals surface area contributed by atoms with Crippen LogP contribution in [0.4, 0.5) is 4.39 Å². The molecule has 4 heteroatoms. The normalized spacial score (nSPS) is 10.5. The fourth-order valence-corrected chi connectivity index (χ4v) is 2.22. The van der Waals surface area contributed by atoms with Crippen molar-refractivity contribution in [1.82, 2.24) is 0 Å². The van der Waals surface area contributed by atoms with E-state index in [1.807, 2.05) is 0 Å². The van der Waals surface area contributed by atoms with Crippen LogP contribution in [0.5, 0.6) is 0 Å². The van der Waals surface area contributed by atoms with Gasteiger partial charge in [0.05, 0.1) is 0 Å². The van der Waals surface area contributed by atoms with E-state index in [2.05, 4.69) is 0 Å². The number of rotatable bonds is 3. The van der Waals surface area contributed by atoms with Crippen molar-refractivity contribution in [2.24, 2.45) is 0 Å². The summed E-state index contributed by atoms with van der Waals surface area (Å²) in [6, 6.07) is 9.11. The van der Waals surface area contributed by atoms with Crippen LogP contribution in [-0.2, 0) is 6.42 Å². The summed E-state index contributed by atoms with van der Waals surface area (Å²) in [6.45, 7) is 1.77. The Kier molecular flexibility index (Phi) is 4.23. The maximum absolute atomic E-state index is 13.2. The van der Waals surface area contributed by atoms with Gasteiger partial charge < -0.3 is 0 Å². The molecule has 0 radical (unpaired) electrons. The third-order valence-corrected chi connectivity index (χ3v) is 3.46. The van der Waals surface area contributed by atoms with Crippen LogP contribution in [0.3, 0.4) is 0 Å². The van der Waals surface area contributed by atoms with Crippen LogP contribution in [0.1, 0.15) is 21.5 Å². The van der Waals surface area contributed by atoms with E-state index in [9.17, 15) is 9.18 Å². The molecule has 2 aromatic rings. The molecule has 0 aliphatic carbocycles. The first-order chi connectivity index (χ1) is 8.97. The van der Waals surface area contributed by atoms with Gasteiger partial charge in [-0.05, 0) is 48.4 Å². The van der Waals surface area contributed by atoms with Gasteiger partial charge in [0, 0.05) is 22.0 Å². The lowest BCUT2D eigenvalue weighted by atomic mass is 9.99. The SMILES string of the molecule is Cc1ccc(F)cc1C(=O)Cc1cc(Cl)ccc1Cl. The van der Waals surface area contributed by atoms with Crippen LogP contribution in [-0.4, -0.2) is 5.78 Å². The van der Waals surface area contributed by atoms with Crippen LogP contribution in [0.25, 0.3) is 0 Å². The van der Waals surface area contributed by atoms with Gasteiger partial charge in [-0.2, -0.15) is 0 Å². The first-order valence-electron chi connectivity index (χ1n) is 5.70. The summed E-state index contributed by atoms with van der Waals surface area (Å²) in [6.07, 6.45) is 0.101. The molecule has 0 aliphatic rings. The van der Waals surface area contributed by atoms with Crippen molar-refractivity contribution in [3.63, 3.8) is 0 Å². The molecular formula is C15H11Cl2FO.